The third-order valence-corrected chi connectivity index (χ3v) is 6.06. The Morgan fingerprint density at radius 1 is 1.15 bits per heavy atom. The summed E-state index contributed by atoms with van der Waals surface area (Å²) in [6.45, 7) is 1.45. The van der Waals surface area contributed by atoms with Gasteiger partial charge in [0.05, 0.1) is 30.4 Å². The average Bonchev–Trinajstić information content (AvgIpc) is 3.38. The quantitative estimate of drug-likeness (QED) is 0.329. The zero-order valence-corrected chi connectivity index (χ0v) is 21.2. The maximum atomic E-state index is 14.4. The molecule has 4 amide bonds. The van der Waals surface area contributed by atoms with Crippen molar-refractivity contribution < 1.29 is 33.0 Å². The molecule has 4 rings (SSSR count). The summed E-state index contributed by atoms with van der Waals surface area (Å²) in [5, 5.41) is 11.6. The molecule has 1 atom stereocenters. The monoisotopic (exact) mass is 558 g/mol. The summed E-state index contributed by atoms with van der Waals surface area (Å²) >= 11 is 5.85. The predicted octanol–water partition coefficient (Wildman–Crippen LogP) is 2.31. The van der Waals surface area contributed by atoms with Gasteiger partial charge in [0.1, 0.15) is 11.8 Å². The van der Waals surface area contributed by atoms with Gasteiger partial charge in [0, 0.05) is 30.3 Å². The molecule has 0 bridgehead atoms. The molecule has 1 fully saturated rings. The van der Waals surface area contributed by atoms with Crippen LogP contribution in [-0.4, -0.2) is 71.3 Å². The molecular formula is C25H24ClFN6O6. The van der Waals surface area contributed by atoms with Crippen LogP contribution in [-0.2, 0) is 14.3 Å². The van der Waals surface area contributed by atoms with E-state index >= 15 is 0 Å². The lowest BCUT2D eigenvalue weighted by molar-refractivity contribution is -0.137. The molecule has 1 aliphatic rings. The number of hydrogen-bond acceptors (Lipinski definition) is 7. The zero-order chi connectivity index (χ0) is 27.9. The Hall–Kier alpha value is -4.49. The third-order valence-electron chi connectivity index (χ3n) is 5.77. The summed E-state index contributed by atoms with van der Waals surface area (Å²) in [5.74, 6) is -2.22. The maximum Gasteiger partial charge on any atom is 0.409 e. The molecule has 39 heavy (non-hydrogen) atoms. The zero-order valence-electron chi connectivity index (χ0n) is 20.4. The second-order valence-electron chi connectivity index (χ2n) is 8.43. The number of nitrogens with zero attached hydrogens (tertiary/aromatic N) is 2. The van der Waals surface area contributed by atoms with Gasteiger partial charge in [0.15, 0.2) is 11.6 Å². The van der Waals surface area contributed by atoms with Crippen molar-refractivity contribution in [3.63, 3.8) is 0 Å². The number of H-pyrrole nitrogens is 1. The number of ether oxygens (including phenoxy) is 2. The lowest BCUT2D eigenvalue weighted by atomic mass is 10.1. The van der Waals surface area contributed by atoms with Crippen molar-refractivity contribution in [2.75, 3.05) is 31.6 Å². The second-order valence-corrected chi connectivity index (χ2v) is 8.83. The molecular weight excluding hydrogens is 535 g/mol. The van der Waals surface area contributed by atoms with E-state index in [1.54, 1.807) is 11.0 Å². The van der Waals surface area contributed by atoms with E-state index in [1.165, 1.54) is 42.5 Å². The molecule has 1 saturated heterocycles. The first-order chi connectivity index (χ1) is 18.7. The fraction of sp³-hybridized carbons (Fsp3) is 0.240. The molecule has 3 aromatic rings. The topological polar surface area (TPSA) is 169 Å². The number of aromatic nitrogens is 2. The van der Waals surface area contributed by atoms with Crippen molar-refractivity contribution in [2.45, 2.75) is 12.5 Å². The number of amides is 4. The minimum absolute atomic E-state index is 0.0420. The number of carbonyl (C=O) groups excluding carboxylic acids is 4. The van der Waals surface area contributed by atoms with Crippen LogP contribution < -0.4 is 21.1 Å². The first kappa shape index (κ1) is 27.5. The first-order valence-corrected chi connectivity index (χ1v) is 12.1. The van der Waals surface area contributed by atoms with Crippen LogP contribution in [0, 0.1) is 5.82 Å². The second kappa shape index (κ2) is 12.4. The fourth-order valence-corrected chi connectivity index (χ4v) is 3.98. The van der Waals surface area contributed by atoms with Gasteiger partial charge in [0.25, 0.3) is 5.91 Å². The van der Waals surface area contributed by atoms with Crippen LogP contribution in [0.4, 0.5) is 15.0 Å². The highest BCUT2D eigenvalue weighted by Crippen LogP contribution is 2.27. The molecule has 1 aromatic heterocycles. The first-order valence-electron chi connectivity index (χ1n) is 11.8. The molecule has 0 aliphatic carbocycles. The Bertz CT molecular complexity index is 1380. The van der Waals surface area contributed by atoms with E-state index in [0.29, 0.717) is 26.3 Å². The molecule has 14 heteroatoms. The maximum absolute atomic E-state index is 14.4. The van der Waals surface area contributed by atoms with Crippen LogP contribution in [0.25, 0.3) is 11.3 Å². The summed E-state index contributed by atoms with van der Waals surface area (Å²) < 4.78 is 24.4. The minimum Gasteiger partial charge on any atom is -0.411 e. The van der Waals surface area contributed by atoms with Gasteiger partial charge in [-0.3, -0.25) is 19.5 Å². The molecule has 0 unspecified atom stereocenters. The summed E-state index contributed by atoms with van der Waals surface area (Å²) in [6.07, 6.45) is -1.34. The van der Waals surface area contributed by atoms with Crippen LogP contribution in [0.3, 0.4) is 0 Å². The number of nitrogens with two attached hydrogens (primary N) is 1. The van der Waals surface area contributed by atoms with E-state index in [1.807, 2.05) is 0 Å². The normalized spacial score (nSPS) is 13.8. The largest absolute Gasteiger partial charge is 0.411 e. The Kier molecular flexibility index (Phi) is 8.74. The van der Waals surface area contributed by atoms with Crippen molar-refractivity contribution in [2.24, 2.45) is 5.73 Å². The van der Waals surface area contributed by atoms with Crippen molar-refractivity contribution in [3.8, 4) is 17.0 Å². The number of nitrogens with one attached hydrogen (secondary N) is 3. The Balaban J connectivity index is 1.50. The van der Waals surface area contributed by atoms with Crippen LogP contribution in [0.5, 0.6) is 5.75 Å². The fourth-order valence-electron chi connectivity index (χ4n) is 3.81. The van der Waals surface area contributed by atoms with Crippen LogP contribution in [0.2, 0.25) is 5.02 Å². The van der Waals surface area contributed by atoms with E-state index in [-0.39, 0.29) is 45.7 Å². The van der Waals surface area contributed by atoms with Gasteiger partial charge in [0.2, 0.25) is 11.8 Å². The number of halogens is 2. The van der Waals surface area contributed by atoms with Crippen molar-refractivity contribution in [3.05, 3.63) is 64.9 Å². The predicted molar refractivity (Wildman–Crippen MR) is 138 cm³/mol. The standard InChI is InChI=1S/C25H24ClFN6O6/c26-17-3-1-2-16(22(17)27)18-12-20(32-31-18)30-24(36)19(13-21(34)33-8-10-38-11-9-33)29-23(35)14-4-6-15(7-5-14)39-25(28)37/h1-7,12,19H,8-11,13H2,(H2,28,37)(H,29,35)(H2,30,31,32,36)/t19-/m0/s1. The number of benzene rings is 2. The van der Waals surface area contributed by atoms with E-state index < -0.39 is 29.8 Å². The highest BCUT2D eigenvalue weighted by Gasteiger charge is 2.28. The molecule has 2 aromatic carbocycles. The minimum atomic E-state index is -1.28. The molecule has 12 nitrogen and oxygen atoms in total. The van der Waals surface area contributed by atoms with Gasteiger partial charge < -0.3 is 30.7 Å². The number of carbonyl (C=O) groups is 4. The van der Waals surface area contributed by atoms with E-state index in [0.717, 1.165) is 0 Å². The Morgan fingerprint density at radius 2 is 1.87 bits per heavy atom. The smallest absolute Gasteiger partial charge is 0.409 e. The lowest BCUT2D eigenvalue weighted by Crippen LogP contribution is -2.49. The van der Waals surface area contributed by atoms with Gasteiger partial charge in [-0.2, -0.15) is 5.10 Å². The molecule has 204 valence electrons. The van der Waals surface area contributed by atoms with Gasteiger partial charge in [-0.1, -0.05) is 17.7 Å². The Labute approximate surface area is 226 Å². The molecule has 1 aliphatic heterocycles. The summed E-state index contributed by atoms with van der Waals surface area (Å²) in [4.78, 5) is 51.5. The van der Waals surface area contributed by atoms with E-state index in [2.05, 4.69) is 20.8 Å². The number of primary amides is 1. The number of morpholine rings is 1. The SMILES string of the molecule is NC(=O)Oc1ccc(C(=O)N[C@@H](CC(=O)N2CCOCC2)C(=O)Nc2cc(-c3cccc(Cl)c3F)[nH]n2)cc1. The highest BCUT2D eigenvalue weighted by atomic mass is 35.5. The molecule has 5 N–H and O–H groups in total. The summed E-state index contributed by atoms with van der Waals surface area (Å²) in [5.41, 5.74) is 5.52. The summed E-state index contributed by atoms with van der Waals surface area (Å²) in [6, 6.07) is 10.0. The van der Waals surface area contributed by atoms with Crippen molar-refractivity contribution in [1.82, 2.24) is 20.4 Å². The number of hydrogen-bond donors (Lipinski definition) is 4. The van der Waals surface area contributed by atoms with Crippen molar-refractivity contribution in [1.29, 1.82) is 0 Å². The van der Waals surface area contributed by atoms with Crippen LogP contribution in [0.15, 0.2) is 48.5 Å². The van der Waals surface area contributed by atoms with Crippen molar-refractivity contribution >= 4 is 41.2 Å². The number of rotatable bonds is 8. The van der Waals surface area contributed by atoms with Gasteiger partial charge in [-0.25, -0.2) is 9.18 Å². The average molecular weight is 559 g/mol. The highest BCUT2D eigenvalue weighted by molar-refractivity contribution is 6.31. The third kappa shape index (κ3) is 7.09. The number of aromatic amines is 1. The van der Waals surface area contributed by atoms with E-state index in [9.17, 15) is 23.6 Å². The molecule has 0 saturated carbocycles. The van der Waals surface area contributed by atoms with E-state index in [4.69, 9.17) is 26.8 Å². The molecule has 0 radical (unpaired) electrons. The van der Waals surface area contributed by atoms with Crippen LogP contribution >= 0.6 is 11.6 Å². The molecule has 0 spiro atoms. The molecule has 2 heterocycles. The van der Waals surface area contributed by atoms with Gasteiger partial charge in [-0.15, -0.1) is 0 Å². The van der Waals surface area contributed by atoms with Gasteiger partial charge in [-0.05, 0) is 36.4 Å². The summed E-state index contributed by atoms with van der Waals surface area (Å²) in [7, 11) is 0. The van der Waals surface area contributed by atoms with Gasteiger partial charge >= 0.3 is 6.09 Å². The van der Waals surface area contributed by atoms with Crippen LogP contribution in [0.1, 0.15) is 16.8 Å². The Morgan fingerprint density at radius 3 is 2.56 bits per heavy atom. The number of anilines is 1. The lowest BCUT2D eigenvalue weighted by Gasteiger charge is -2.28.